The second-order valence-corrected chi connectivity index (χ2v) is 5.87. The van der Waals surface area contributed by atoms with Crippen LogP contribution in [0, 0.1) is 11.8 Å². The summed E-state index contributed by atoms with van der Waals surface area (Å²) < 4.78 is 1.12. The average Bonchev–Trinajstić information content (AvgIpc) is 2.89. The van der Waals surface area contributed by atoms with Crippen LogP contribution in [0.5, 0.6) is 0 Å². The van der Waals surface area contributed by atoms with Crippen LogP contribution in [0.4, 0.5) is 5.82 Å². The first kappa shape index (κ1) is 11.5. The summed E-state index contributed by atoms with van der Waals surface area (Å²) in [7, 11) is 0. The fourth-order valence-corrected chi connectivity index (χ4v) is 3.86. The molecule has 3 nitrogen and oxygen atoms in total. The van der Waals surface area contributed by atoms with E-state index in [9.17, 15) is 0 Å². The lowest BCUT2D eigenvalue weighted by molar-refractivity contribution is 0.441. The average molecular weight is 296 g/mol. The van der Waals surface area contributed by atoms with Crippen molar-refractivity contribution < 1.29 is 0 Å². The van der Waals surface area contributed by atoms with E-state index in [1.807, 2.05) is 12.3 Å². The van der Waals surface area contributed by atoms with Crippen LogP contribution in [0.3, 0.4) is 0 Å². The predicted octanol–water partition coefficient (Wildman–Crippen LogP) is 2.28. The molecule has 0 aromatic carbocycles. The summed E-state index contributed by atoms with van der Waals surface area (Å²) in [5.74, 6) is 2.72. The van der Waals surface area contributed by atoms with Gasteiger partial charge in [0.25, 0.3) is 0 Å². The van der Waals surface area contributed by atoms with Crippen LogP contribution >= 0.6 is 15.9 Å². The van der Waals surface area contributed by atoms with E-state index in [1.54, 1.807) is 0 Å². The van der Waals surface area contributed by atoms with Gasteiger partial charge in [0.2, 0.25) is 0 Å². The molecule has 3 atom stereocenters. The second kappa shape index (κ2) is 4.58. The Kier molecular flexibility index (Phi) is 3.09. The molecule has 1 aromatic rings. The highest BCUT2D eigenvalue weighted by Gasteiger charge is 2.43. The maximum absolute atomic E-state index is 4.54. The molecule has 2 aliphatic rings. The first-order chi connectivity index (χ1) is 8.31. The van der Waals surface area contributed by atoms with Crippen LogP contribution in [0.15, 0.2) is 22.8 Å². The van der Waals surface area contributed by atoms with Gasteiger partial charge in [-0.15, -0.1) is 0 Å². The molecule has 1 aromatic heterocycles. The summed E-state index contributed by atoms with van der Waals surface area (Å²) >= 11 is 3.62. The molecule has 17 heavy (non-hydrogen) atoms. The van der Waals surface area contributed by atoms with Crippen molar-refractivity contribution in [3.8, 4) is 0 Å². The van der Waals surface area contributed by atoms with Crippen molar-refractivity contribution in [1.82, 2.24) is 10.3 Å². The Hall–Kier alpha value is -0.610. The van der Waals surface area contributed by atoms with Gasteiger partial charge < -0.3 is 10.2 Å². The Balaban J connectivity index is 1.91. The van der Waals surface area contributed by atoms with Crippen molar-refractivity contribution in [2.75, 3.05) is 24.5 Å². The number of nitrogens with one attached hydrogen (secondary N) is 1. The lowest BCUT2D eigenvalue weighted by Crippen LogP contribution is -2.35. The lowest BCUT2D eigenvalue weighted by Gasteiger charge is -2.28. The van der Waals surface area contributed by atoms with Gasteiger partial charge in [0.1, 0.15) is 5.82 Å². The minimum absolute atomic E-state index is 0.640. The van der Waals surface area contributed by atoms with E-state index in [4.69, 9.17) is 0 Å². The van der Waals surface area contributed by atoms with E-state index >= 15 is 0 Å². The standard InChI is InChI=1S/C13H18BrN3/c1-2-12-10-7-15-6-9(10)8-17(12)13-11(14)4-3-5-16-13/h3-5,9-10,12,15H,2,6-8H2,1H3. The fourth-order valence-electron chi connectivity index (χ4n) is 3.38. The molecule has 0 saturated carbocycles. The molecule has 3 unspecified atom stereocenters. The molecule has 0 spiro atoms. The van der Waals surface area contributed by atoms with Gasteiger partial charge >= 0.3 is 0 Å². The Labute approximate surface area is 111 Å². The number of halogens is 1. The van der Waals surface area contributed by atoms with Crippen LogP contribution in [0.1, 0.15) is 13.3 Å². The number of hydrogen-bond donors (Lipinski definition) is 1. The maximum atomic E-state index is 4.54. The van der Waals surface area contributed by atoms with Crippen molar-refractivity contribution in [1.29, 1.82) is 0 Å². The topological polar surface area (TPSA) is 28.2 Å². The van der Waals surface area contributed by atoms with Gasteiger partial charge in [-0.3, -0.25) is 0 Å². The van der Waals surface area contributed by atoms with Crippen LogP contribution in [0.2, 0.25) is 0 Å². The summed E-state index contributed by atoms with van der Waals surface area (Å²) in [6, 6.07) is 4.70. The monoisotopic (exact) mass is 295 g/mol. The zero-order valence-electron chi connectivity index (χ0n) is 10.1. The number of hydrogen-bond acceptors (Lipinski definition) is 3. The minimum Gasteiger partial charge on any atom is -0.352 e. The fraction of sp³-hybridized carbons (Fsp3) is 0.615. The van der Waals surface area contributed by atoms with Crippen molar-refractivity contribution >= 4 is 21.7 Å². The van der Waals surface area contributed by atoms with E-state index in [0.717, 1.165) is 28.7 Å². The first-order valence-electron chi connectivity index (χ1n) is 6.39. The molecule has 0 bridgehead atoms. The molecule has 3 heterocycles. The highest BCUT2D eigenvalue weighted by Crippen LogP contribution is 2.38. The van der Waals surface area contributed by atoms with Crippen molar-refractivity contribution in [2.24, 2.45) is 11.8 Å². The van der Waals surface area contributed by atoms with Crippen LogP contribution in [-0.2, 0) is 0 Å². The summed E-state index contributed by atoms with van der Waals surface area (Å²) in [6.45, 7) is 5.77. The lowest BCUT2D eigenvalue weighted by atomic mass is 9.93. The second-order valence-electron chi connectivity index (χ2n) is 5.02. The third-order valence-electron chi connectivity index (χ3n) is 4.15. The molecule has 0 amide bonds. The number of anilines is 1. The first-order valence-corrected chi connectivity index (χ1v) is 7.18. The highest BCUT2D eigenvalue weighted by atomic mass is 79.9. The third-order valence-corrected chi connectivity index (χ3v) is 4.77. The van der Waals surface area contributed by atoms with Gasteiger partial charge in [0.15, 0.2) is 0 Å². The van der Waals surface area contributed by atoms with Crippen molar-refractivity contribution in [3.63, 3.8) is 0 Å². The molecule has 0 radical (unpaired) electrons. The summed E-state index contributed by atoms with van der Waals surface area (Å²) in [6.07, 6.45) is 3.09. The molecular formula is C13H18BrN3. The Morgan fingerprint density at radius 3 is 3.18 bits per heavy atom. The highest BCUT2D eigenvalue weighted by molar-refractivity contribution is 9.10. The molecule has 3 rings (SSSR count). The third kappa shape index (κ3) is 1.87. The maximum Gasteiger partial charge on any atom is 0.143 e. The summed E-state index contributed by atoms with van der Waals surface area (Å²) in [5, 5.41) is 3.52. The number of fused-ring (bicyclic) bond motifs is 1. The van der Waals surface area contributed by atoms with Gasteiger partial charge in [-0.25, -0.2) is 4.98 Å². The van der Waals surface area contributed by atoms with E-state index in [2.05, 4.69) is 44.1 Å². The Morgan fingerprint density at radius 2 is 2.41 bits per heavy atom. The molecule has 92 valence electrons. The molecule has 2 saturated heterocycles. The van der Waals surface area contributed by atoms with Gasteiger partial charge in [-0.05, 0) is 46.3 Å². The van der Waals surface area contributed by atoms with Crippen LogP contribution in [0.25, 0.3) is 0 Å². The van der Waals surface area contributed by atoms with Gasteiger partial charge in [-0.2, -0.15) is 0 Å². The quantitative estimate of drug-likeness (QED) is 0.907. The normalized spacial score (nSPS) is 31.9. The van der Waals surface area contributed by atoms with Gasteiger partial charge in [0.05, 0.1) is 4.47 Å². The van der Waals surface area contributed by atoms with Crippen molar-refractivity contribution in [3.05, 3.63) is 22.8 Å². The summed E-state index contributed by atoms with van der Waals surface area (Å²) in [4.78, 5) is 7.04. The number of nitrogens with zero attached hydrogens (tertiary/aromatic N) is 2. The van der Waals surface area contributed by atoms with E-state index in [0.29, 0.717) is 6.04 Å². The molecular weight excluding hydrogens is 278 g/mol. The Morgan fingerprint density at radius 1 is 1.53 bits per heavy atom. The van der Waals surface area contributed by atoms with Gasteiger partial charge in [0, 0.05) is 31.9 Å². The number of pyridine rings is 1. The zero-order valence-corrected chi connectivity index (χ0v) is 11.7. The largest absolute Gasteiger partial charge is 0.352 e. The molecule has 0 aliphatic carbocycles. The van der Waals surface area contributed by atoms with Crippen LogP contribution < -0.4 is 10.2 Å². The minimum atomic E-state index is 0.640. The molecule has 4 heteroatoms. The zero-order chi connectivity index (χ0) is 11.8. The van der Waals surface area contributed by atoms with E-state index < -0.39 is 0 Å². The van der Waals surface area contributed by atoms with Crippen LogP contribution in [-0.4, -0.2) is 30.7 Å². The van der Waals surface area contributed by atoms with Gasteiger partial charge in [-0.1, -0.05) is 6.92 Å². The number of aromatic nitrogens is 1. The Bertz CT molecular complexity index is 409. The SMILES string of the molecule is CCC1C2CNCC2CN1c1ncccc1Br. The molecule has 1 N–H and O–H groups in total. The van der Waals surface area contributed by atoms with E-state index in [-0.39, 0.29) is 0 Å². The van der Waals surface area contributed by atoms with E-state index in [1.165, 1.54) is 19.5 Å². The van der Waals surface area contributed by atoms with Crippen molar-refractivity contribution in [2.45, 2.75) is 19.4 Å². The molecule has 2 fully saturated rings. The predicted molar refractivity (Wildman–Crippen MR) is 73.2 cm³/mol. The smallest absolute Gasteiger partial charge is 0.143 e. The summed E-state index contributed by atoms with van der Waals surface area (Å²) in [5.41, 5.74) is 0. The molecule has 2 aliphatic heterocycles. The number of rotatable bonds is 2.